The zero-order valence-electron chi connectivity index (χ0n) is 23.7. The summed E-state index contributed by atoms with van der Waals surface area (Å²) in [6.07, 6.45) is 10.1. The molecule has 0 aliphatic heterocycles. The largest absolute Gasteiger partial charge is 0.481 e. The maximum atomic E-state index is 14.3. The number of fused-ring (bicyclic) bond motifs is 7. The Balaban J connectivity index is 1.69. The molecular formula is C32H43NO4. The van der Waals surface area contributed by atoms with E-state index in [9.17, 15) is 24.8 Å². The van der Waals surface area contributed by atoms with Crippen LogP contribution in [0, 0.1) is 61.6 Å². The van der Waals surface area contributed by atoms with Gasteiger partial charge in [0.2, 0.25) is 0 Å². The zero-order valence-corrected chi connectivity index (χ0v) is 23.7. The summed E-state index contributed by atoms with van der Waals surface area (Å²) in [7, 11) is 0. The number of carbonyl (C=O) groups excluding carboxylic acids is 2. The Bertz CT molecular complexity index is 1200. The van der Waals surface area contributed by atoms with E-state index in [1.807, 2.05) is 26.0 Å². The normalized spacial score (nSPS) is 45.7. The van der Waals surface area contributed by atoms with Crippen molar-refractivity contribution < 1.29 is 19.5 Å². The molecule has 0 bridgehead atoms. The average molecular weight is 506 g/mol. The van der Waals surface area contributed by atoms with Gasteiger partial charge in [-0.25, -0.2) is 0 Å². The van der Waals surface area contributed by atoms with Crippen LogP contribution in [0.5, 0.6) is 0 Å². The molecule has 0 radical (unpaired) electrons. The number of carboxylic acid groups (broad SMARTS) is 1. The van der Waals surface area contributed by atoms with Crippen LogP contribution in [0.25, 0.3) is 0 Å². The molecule has 0 unspecified atom stereocenters. The number of hydrogen-bond acceptors (Lipinski definition) is 4. The Morgan fingerprint density at radius 2 is 1.68 bits per heavy atom. The first-order valence-electron chi connectivity index (χ1n) is 14.1. The number of rotatable bonds is 2. The van der Waals surface area contributed by atoms with E-state index in [4.69, 9.17) is 0 Å². The lowest BCUT2D eigenvalue weighted by atomic mass is 9.34. The number of nitriles is 1. The summed E-state index contributed by atoms with van der Waals surface area (Å²) in [6.45, 7) is 15.2. The molecule has 7 atom stereocenters. The maximum Gasteiger partial charge on any atom is 0.303 e. The van der Waals surface area contributed by atoms with Gasteiger partial charge in [0.15, 0.2) is 11.6 Å². The number of nitrogens with zero attached hydrogens (tertiary/aromatic N) is 1. The Hall–Kier alpha value is -2.22. The van der Waals surface area contributed by atoms with Crippen molar-refractivity contribution in [2.24, 2.45) is 50.2 Å². The molecule has 5 nitrogen and oxygen atoms in total. The quantitative estimate of drug-likeness (QED) is 0.451. The third-order valence-electron chi connectivity index (χ3n) is 12.5. The highest BCUT2D eigenvalue weighted by Crippen LogP contribution is 2.74. The molecule has 0 aromatic rings. The lowest BCUT2D eigenvalue weighted by molar-refractivity contribution is -0.177. The van der Waals surface area contributed by atoms with Crippen molar-refractivity contribution in [2.75, 3.05) is 0 Å². The van der Waals surface area contributed by atoms with Crippen LogP contribution in [0.1, 0.15) is 99.8 Å². The molecule has 3 fully saturated rings. The fraction of sp³-hybridized carbons (Fsp3) is 0.750. The lowest BCUT2D eigenvalue weighted by Crippen LogP contribution is -2.65. The molecule has 0 heterocycles. The van der Waals surface area contributed by atoms with E-state index in [1.54, 1.807) is 0 Å². The Morgan fingerprint density at radius 1 is 1.03 bits per heavy atom. The highest BCUT2D eigenvalue weighted by atomic mass is 16.4. The number of ketones is 2. The Labute approximate surface area is 221 Å². The van der Waals surface area contributed by atoms with Crippen LogP contribution >= 0.6 is 0 Å². The topological polar surface area (TPSA) is 95.2 Å². The van der Waals surface area contributed by atoms with E-state index in [0.29, 0.717) is 0 Å². The summed E-state index contributed by atoms with van der Waals surface area (Å²) in [5.41, 5.74) is -0.708. The SMILES string of the molecule is CC1(C)CC[C@]2(CC(=O)O)CC[C@]3(C)[C@H](C(=O)C=C4[C@@]5(C)C=C(C#N)C(=O)C(C)(C)[C@@H]5CC[C@]43C)[C@H]2C1. The molecule has 1 N–H and O–H groups in total. The molecule has 3 saturated carbocycles. The van der Waals surface area contributed by atoms with Gasteiger partial charge in [0.05, 0.1) is 12.0 Å². The fourth-order valence-corrected chi connectivity index (χ4v) is 10.3. The highest BCUT2D eigenvalue weighted by Gasteiger charge is 2.69. The van der Waals surface area contributed by atoms with Gasteiger partial charge in [-0.15, -0.1) is 0 Å². The van der Waals surface area contributed by atoms with Gasteiger partial charge in [0.1, 0.15) is 6.07 Å². The summed E-state index contributed by atoms with van der Waals surface area (Å²) in [5, 5.41) is 19.8. The second-order valence-electron chi connectivity index (χ2n) is 15.2. The van der Waals surface area contributed by atoms with Gasteiger partial charge in [-0.2, -0.15) is 5.26 Å². The van der Waals surface area contributed by atoms with Gasteiger partial charge in [-0.1, -0.05) is 60.1 Å². The van der Waals surface area contributed by atoms with Crippen LogP contribution in [-0.4, -0.2) is 22.6 Å². The van der Waals surface area contributed by atoms with Crippen molar-refractivity contribution in [3.63, 3.8) is 0 Å². The van der Waals surface area contributed by atoms with Gasteiger partial charge >= 0.3 is 5.97 Å². The lowest BCUT2D eigenvalue weighted by Gasteiger charge is -2.69. The zero-order chi connectivity index (χ0) is 27.4. The molecule has 0 amide bonds. The summed E-state index contributed by atoms with van der Waals surface area (Å²) >= 11 is 0. The minimum Gasteiger partial charge on any atom is -0.481 e. The number of hydrogen-bond donors (Lipinski definition) is 1. The van der Waals surface area contributed by atoms with E-state index in [0.717, 1.165) is 50.5 Å². The van der Waals surface area contributed by atoms with E-state index in [1.165, 1.54) is 0 Å². The van der Waals surface area contributed by atoms with Crippen LogP contribution in [0.2, 0.25) is 0 Å². The first-order valence-corrected chi connectivity index (χ1v) is 14.1. The van der Waals surface area contributed by atoms with E-state index in [-0.39, 0.29) is 63.0 Å². The van der Waals surface area contributed by atoms with Crippen LogP contribution in [0.3, 0.4) is 0 Å². The first-order chi connectivity index (χ1) is 17.0. The van der Waals surface area contributed by atoms with Crippen molar-refractivity contribution in [1.82, 2.24) is 0 Å². The van der Waals surface area contributed by atoms with E-state index >= 15 is 0 Å². The molecule has 5 heteroatoms. The second kappa shape index (κ2) is 7.67. The monoisotopic (exact) mass is 505 g/mol. The molecule has 0 aromatic carbocycles. The Kier molecular flexibility index (Phi) is 5.47. The third kappa shape index (κ3) is 3.29. The molecule has 0 saturated heterocycles. The molecule has 5 aliphatic rings. The average Bonchev–Trinajstić information content (AvgIpc) is 2.78. The highest BCUT2D eigenvalue weighted by molar-refractivity contribution is 6.04. The molecule has 5 aliphatic carbocycles. The number of aliphatic carboxylic acids is 1. The third-order valence-corrected chi connectivity index (χ3v) is 12.5. The van der Waals surface area contributed by atoms with Gasteiger partial charge in [0, 0.05) is 16.7 Å². The number of allylic oxidation sites excluding steroid dienone is 4. The molecule has 0 aromatic heterocycles. The minimum atomic E-state index is -0.754. The van der Waals surface area contributed by atoms with Gasteiger partial charge in [-0.05, 0) is 84.5 Å². The van der Waals surface area contributed by atoms with Gasteiger partial charge in [-0.3, -0.25) is 14.4 Å². The maximum absolute atomic E-state index is 14.3. The van der Waals surface area contributed by atoms with Crippen LogP contribution < -0.4 is 0 Å². The summed E-state index contributed by atoms with van der Waals surface area (Å²) < 4.78 is 0. The van der Waals surface area contributed by atoms with Crippen molar-refractivity contribution >= 4 is 17.5 Å². The standard InChI is InChI=1S/C32H43NO4/c1-27(2)10-12-32(17-24(35)36)13-11-31(7)25(20(32)16-27)21(34)14-23-29(5)15-19(18-33)26(37)28(3,4)22(29)8-9-30(23,31)6/h14-15,20,22,25H,8-13,16-17H2,1-7H3,(H,35,36)/t20-,22+,25+,29+,30-,31-,32-/m1/s1. The van der Waals surface area contributed by atoms with Crippen LogP contribution in [-0.2, 0) is 14.4 Å². The van der Waals surface area contributed by atoms with Crippen molar-refractivity contribution in [3.05, 3.63) is 23.3 Å². The van der Waals surface area contributed by atoms with Crippen LogP contribution in [0.4, 0.5) is 0 Å². The minimum absolute atomic E-state index is 0.0279. The number of carbonyl (C=O) groups is 3. The molecule has 37 heavy (non-hydrogen) atoms. The fourth-order valence-electron chi connectivity index (χ4n) is 10.3. The number of carboxylic acids is 1. The van der Waals surface area contributed by atoms with Gasteiger partial charge in [0.25, 0.3) is 0 Å². The molecule has 5 rings (SSSR count). The summed E-state index contributed by atoms with van der Waals surface area (Å²) in [5.74, 6) is -0.834. The van der Waals surface area contributed by atoms with Crippen LogP contribution in [0.15, 0.2) is 23.3 Å². The van der Waals surface area contributed by atoms with Crippen molar-refractivity contribution in [3.8, 4) is 6.07 Å². The van der Waals surface area contributed by atoms with E-state index < -0.39 is 16.8 Å². The Morgan fingerprint density at radius 3 is 2.30 bits per heavy atom. The van der Waals surface area contributed by atoms with Crippen molar-refractivity contribution in [2.45, 2.75) is 99.8 Å². The predicted molar refractivity (Wildman–Crippen MR) is 141 cm³/mol. The first kappa shape index (κ1) is 26.4. The second-order valence-corrected chi connectivity index (χ2v) is 15.2. The molecular weight excluding hydrogens is 462 g/mol. The van der Waals surface area contributed by atoms with Crippen molar-refractivity contribution in [1.29, 1.82) is 5.26 Å². The molecule has 200 valence electrons. The smallest absolute Gasteiger partial charge is 0.303 e. The summed E-state index contributed by atoms with van der Waals surface area (Å²) in [6, 6.07) is 2.17. The predicted octanol–water partition coefficient (Wildman–Crippen LogP) is 6.68. The molecule has 0 spiro atoms. The summed E-state index contributed by atoms with van der Waals surface area (Å²) in [4.78, 5) is 39.6. The van der Waals surface area contributed by atoms with Gasteiger partial charge < -0.3 is 5.11 Å². The number of Topliss-reactive ketones (excluding diaryl/α,β-unsaturated/α-hetero) is 1. The van der Waals surface area contributed by atoms with E-state index in [2.05, 4.69) is 40.7 Å².